The zero-order valence-electron chi connectivity index (χ0n) is 19.3. The molecule has 0 saturated heterocycles. The lowest BCUT2D eigenvalue weighted by Crippen LogP contribution is -2.37. The topological polar surface area (TPSA) is 136 Å². The minimum absolute atomic E-state index is 0.0930. The van der Waals surface area contributed by atoms with Gasteiger partial charge >= 0.3 is 6.18 Å². The Kier molecular flexibility index (Phi) is 7.59. The zero-order chi connectivity index (χ0) is 27.5. The van der Waals surface area contributed by atoms with Gasteiger partial charge in [-0.05, 0) is 47.0 Å². The Hall–Kier alpha value is -4.11. The Morgan fingerprint density at radius 2 is 1.47 bits per heavy atom. The van der Waals surface area contributed by atoms with Crippen LogP contribution in [0.3, 0.4) is 0 Å². The standard InChI is InChI=1S/C24H19F3N6O3S2/c25-24(26,27)22-30-31-23(37-22)32(28)21(34)15-8-16-6-13-20(14-7-16)38(35,36)33(29)19-11-9-18(10-12-19)17-4-2-1-3-5-17/h1-15H,28-29H2/b15-8+. The number of carbonyl (C=O) groups excluding carboxylic acids is 1. The van der Waals surface area contributed by atoms with E-state index in [-0.39, 0.29) is 21.9 Å². The van der Waals surface area contributed by atoms with Crippen LogP contribution >= 0.6 is 11.3 Å². The SMILES string of the molecule is NN(C(=O)/C=C/c1ccc(S(=O)(=O)N(N)c2ccc(-c3ccccc3)cc2)cc1)c1nnc(C(F)(F)F)s1. The highest BCUT2D eigenvalue weighted by atomic mass is 32.2. The van der Waals surface area contributed by atoms with E-state index in [0.717, 1.165) is 17.2 Å². The molecule has 196 valence electrons. The molecular weight excluding hydrogens is 541 g/mol. The first kappa shape index (κ1) is 26.9. The Labute approximate surface area is 219 Å². The van der Waals surface area contributed by atoms with Crippen LogP contribution < -0.4 is 21.1 Å². The van der Waals surface area contributed by atoms with Gasteiger partial charge in [0.25, 0.3) is 15.9 Å². The quantitative estimate of drug-likeness (QED) is 0.150. The molecule has 4 aromatic rings. The second-order valence-electron chi connectivity index (χ2n) is 7.71. The Morgan fingerprint density at radius 1 is 0.868 bits per heavy atom. The molecule has 14 heteroatoms. The molecule has 0 aliphatic heterocycles. The number of benzene rings is 3. The van der Waals surface area contributed by atoms with Crippen molar-refractivity contribution in [3.05, 3.63) is 95.5 Å². The number of nitrogens with two attached hydrogens (primary N) is 2. The Bertz CT molecular complexity index is 1560. The van der Waals surface area contributed by atoms with Crippen molar-refractivity contribution in [3.63, 3.8) is 0 Å². The average Bonchev–Trinajstić information content (AvgIpc) is 3.43. The van der Waals surface area contributed by atoms with Crippen LogP contribution in [0.25, 0.3) is 17.2 Å². The molecule has 1 amide bonds. The first-order valence-electron chi connectivity index (χ1n) is 10.7. The first-order valence-corrected chi connectivity index (χ1v) is 13.0. The highest BCUT2D eigenvalue weighted by Crippen LogP contribution is 2.33. The molecule has 3 aromatic carbocycles. The maximum Gasteiger partial charge on any atom is 0.445 e. The molecule has 0 aliphatic rings. The summed E-state index contributed by atoms with van der Waals surface area (Å²) in [6, 6.07) is 21.7. The summed E-state index contributed by atoms with van der Waals surface area (Å²) in [5.74, 6) is 10.6. The molecule has 1 aromatic heterocycles. The van der Waals surface area contributed by atoms with E-state index in [1.807, 2.05) is 30.3 Å². The van der Waals surface area contributed by atoms with E-state index in [9.17, 15) is 26.4 Å². The number of hydrogen-bond donors (Lipinski definition) is 2. The molecule has 0 spiro atoms. The van der Waals surface area contributed by atoms with Gasteiger partial charge in [-0.1, -0.05) is 65.9 Å². The molecule has 0 unspecified atom stereocenters. The van der Waals surface area contributed by atoms with E-state index in [1.165, 1.54) is 30.3 Å². The molecule has 4 N–H and O–H groups in total. The van der Waals surface area contributed by atoms with Crippen molar-refractivity contribution in [2.75, 3.05) is 9.42 Å². The predicted octanol–water partition coefficient (Wildman–Crippen LogP) is 4.21. The van der Waals surface area contributed by atoms with Crippen LogP contribution in [0, 0.1) is 0 Å². The summed E-state index contributed by atoms with van der Waals surface area (Å²) in [6.07, 6.45) is -2.39. The van der Waals surface area contributed by atoms with Crippen molar-refractivity contribution < 1.29 is 26.4 Å². The third-order valence-corrected chi connectivity index (χ3v) is 7.75. The summed E-state index contributed by atoms with van der Waals surface area (Å²) >= 11 is 0.119. The van der Waals surface area contributed by atoms with Gasteiger partial charge in [-0.2, -0.15) is 21.6 Å². The molecule has 1 heterocycles. The number of alkyl halides is 3. The maximum atomic E-state index is 13.0. The summed E-state index contributed by atoms with van der Waals surface area (Å²) in [6.45, 7) is 0. The van der Waals surface area contributed by atoms with Gasteiger partial charge in [-0.15, -0.1) is 10.2 Å². The number of hydrogen-bond acceptors (Lipinski definition) is 8. The van der Waals surface area contributed by atoms with Crippen molar-refractivity contribution in [3.8, 4) is 11.1 Å². The van der Waals surface area contributed by atoms with E-state index in [2.05, 4.69) is 10.2 Å². The van der Waals surface area contributed by atoms with Crippen LogP contribution in [0.4, 0.5) is 24.0 Å². The van der Waals surface area contributed by atoms with Crippen molar-refractivity contribution in [2.45, 2.75) is 11.1 Å². The number of carbonyl (C=O) groups is 1. The minimum Gasteiger partial charge on any atom is -0.268 e. The fourth-order valence-electron chi connectivity index (χ4n) is 3.20. The van der Waals surface area contributed by atoms with E-state index in [0.29, 0.717) is 15.0 Å². The van der Waals surface area contributed by atoms with E-state index in [1.54, 1.807) is 24.3 Å². The van der Waals surface area contributed by atoms with Crippen molar-refractivity contribution in [2.24, 2.45) is 11.7 Å². The van der Waals surface area contributed by atoms with Crippen molar-refractivity contribution in [1.29, 1.82) is 0 Å². The summed E-state index contributed by atoms with van der Waals surface area (Å²) in [4.78, 5) is 12.1. The van der Waals surface area contributed by atoms with Gasteiger partial charge in [0.2, 0.25) is 10.1 Å². The van der Waals surface area contributed by atoms with Crippen LogP contribution in [0.15, 0.2) is 89.8 Å². The smallest absolute Gasteiger partial charge is 0.268 e. The summed E-state index contributed by atoms with van der Waals surface area (Å²) in [7, 11) is -4.09. The lowest BCUT2D eigenvalue weighted by atomic mass is 10.1. The molecule has 9 nitrogen and oxygen atoms in total. The average molecular weight is 561 g/mol. The molecule has 0 radical (unpaired) electrons. The number of rotatable bonds is 7. The third kappa shape index (κ3) is 5.89. The van der Waals surface area contributed by atoms with E-state index in [4.69, 9.17) is 11.7 Å². The normalized spacial score (nSPS) is 12.0. The Morgan fingerprint density at radius 3 is 2.05 bits per heavy atom. The number of nitrogens with zero attached hydrogens (tertiary/aromatic N) is 4. The number of hydrazine groups is 2. The zero-order valence-corrected chi connectivity index (χ0v) is 20.9. The predicted molar refractivity (Wildman–Crippen MR) is 138 cm³/mol. The highest BCUT2D eigenvalue weighted by Gasteiger charge is 2.36. The molecule has 0 saturated carbocycles. The van der Waals surface area contributed by atoms with Crippen LogP contribution in [0.1, 0.15) is 10.6 Å². The molecule has 0 fully saturated rings. The molecule has 0 atom stereocenters. The largest absolute Gasteiger partial charge is 0.445 e. The van der Waals surface area contributed by atoms with Crippen LogP contribution in [-0.4, -0.2) is 24.5 Å². The summed E-state index contributed by atoms with van der Waals surface area (Å²) < 4.78 is 64.7. The van der Waals surface area contributed by atoms with Gasteiger partial charge in [0, 0.05) is 6.08 Å². The fraction of sp³-hybridized carbons (Fsp3) is 0.0417. The summed E-state index contributed by atoms with van der Waals surface area (Å²) in [5.41, 5.74) is 2.55. The Balaban J connectivity index is 1.44. The number of anilines is 2. The van der Waals surface area contributed by atoms with Gasteiger partial charge in [0.1, 0.15) is 0 Å². The molecule has 4 rings (SSSR count). The molecule has 38 heavy (non-hydrogen) atoms. The second-order valence-corrected chi connectivity index (χ2v) is 10.5. The van der Waals surface area contributed by atoms with Crippen molar-refractivity contribution >= 4 is 44.2 Å². The molecular formula is C24H19F3N6O3S2. The van der Waals surface area contributed by atoms with E-state index >= 15 is 0 Å². The fourth-order valence-corrected chi connectivity index (χ4v) is 4.95. The minimum atomic E-state index is -4.71. The number of halogens is 3. The number of amides is 1. The molecule has 0 bridgehead atoms. The first-order chi connectivity index (χ1) is 18.0. The molecule has 0 aliphatic carbocycles. The lowest BCUT2D eigenvalue weighted by Gasteiger charge is -2.19. The maximum absolute atomic E-state index is 13.0. The summed E-state index contributed by atoms with van der Waals surface area (Å²) in [5, 5.41) is 4.99. The number of aromatic nitrogens is 2. The van der Waals surface area contributed by atoms with Gasteiger partial charge in [-0.25, -0.2) is 21.1 Å². The lowest BCUT2D eigenvalue weighted by molar-refractivity contribution is -0.138. The second kappa shape index (κ2) is 10.7. The van der Waals surface area contributed by atoms with E-state index < -0.39 is 32.2 Å². The van der Waals surface area contributed by atoms with Crippen LogP contribution in [0.5, 0.6) is 0 Å². The van der Waals surface area contributed by atoms with Gasteiger partial charge in [-0.3, -0.25) is 4.79 Å². The van der Waals surface area contributed by atoms with Gasteiger partial charge in [0.05, 0.1) is 10.6 Å². The van der Waals surface area contributed by atoms with Crippen LogP contribution in [-0.2, 0) is 21.0 Å². The monoisotopic (exact) mass is 560 g/mol. The van der Waals surface area contributed by atoms with Crippen molar-refractivity contribution in [1.82, 2.24) is 10.2 Å². The van der Waals surface area contributed by atoms with Crippen LogP contribution in [0.2, 0.25) is 0 Å². The van der Waals surface area contributed by atoms with Gasteiger partial charge in [0.15, 0.2) is 0 Å². The number of sulfonamides is 1. The highest BCUT2D eigenvalue weighted by molar-refractivity contribution is 7.92. The third-order valence-electron chi connectivity index (χ3n) is 5.18. The van der Waals surface area contributed by atoms with Gasteiger partial charge < -0.3 is 0 Å².